The zero-order valence-corrected chi connectivity index (χ0v) is 15.2. The van der Waals surface area contributed by atoms with Gasteiger partial charge in [0.2, 0.25) is 0 Å². The second-order valence-corrected chi connectivity index (χ2v) is 7.07. The number of oxazole rings is 1. The van der Waals surface area contributed by atoms with Crippen molar-refractivity contribution in [2.24, 2.45) is 7.05 Å². The van der Waals surface area contributed by atoms with Gasteiger partial charge in [-0.05, 0) is 37.5 Å². The molecule has 3 aromatic rings. The first-order valence-corrected chi connectivity index (χ1v) is 8.91. The van der Waals surface area contributed by atoms with Crippen LogP contribution in [-0.4, -0.2) is 45.8 Å². The third-order valence-electron chi connectivity index (χ3n) is 4.83. The van der Waals surface area contributed by atoms with Gasteiger partial charge in [0.1, 0.15) is 5.52 Å². The van der Waals surface area contributed by atoms with Crippen LogP contribution in [-0.2, 0) is 13.6 Å². The molecule has 0 aliphatic carbocycles. The summed E-state index contributed by atoms with van der Waals surface area (Å²) in [5, 5.41) is 4.26. The largest absolute Gasteiger partial charge is 0.423 e. The summed E-state index contributed by atoms with van der Waals surface area (Å²) in [6.07, 6.45) is 5.15. The first-order valence-electron chi connectivity index (χ1n) is 8.91. The van der Waals surface area contributed by atoms with Gasteiger partial charge in [0, 0.05) is 51.5 Å². The molecular formula is C19H25N5O. The van der Waals surface area contributed by atoms with Crippen molar-refractivity contribution in [2.45, 2.75) is 26.8 Å². The molecule has 0 amide bonds. The molecule has 0 atom stereocenters. The number of hydrogen-bond donors (Lipinski definition) is 0. The highest BCUT2D eigenvalue weighted by Gasteiger charge is 2.20. The van der Waals surface area contributed by atoms with Gasteiger partial charge in [-0.25, -0.2) is 0 Å². The molecule has 1 saturated heterocycles. The number of hydrogen-bond acceptors (Lipinski definition) is 5. The zero-order chi connectivity index (χ0) is 17.4. The Balaban J connectivity index is 1.48. The normalized spacial score (nSPS) is 16.5. The minimum atomic E-state index is 0.756. The Hall–Kier alpha value is -2.34. The highest BCUT2D eigenvalue weighted by molar-refractivity contribution is 5.78. The number of aromatic nitrogens is 3. The van der Waals surface area contributed by atoms with E-state index < -0.39 is 0 Å². The third kappa shape index (κ3) is 3.39. The second-order valence-electron chi connectivity index (χ2n) is 7.07. The molecule has 1 fully saturated rings. The lowest BCUT2D eigenvalue weighted by Crippen LogP contribution is -2.30. The van der Waals surface area contributed by atoms with Crippen molar-refractivity contribution >= 4 is 17.1 Å². The van der Waals surface area contributed by atoms with E-state index in [0.717, 1.165) is 61.8 Å². The predicted molar refractivity (Wildman–Crippen MR) is 98.8 cm³/mol. The molecular weight excluding hydrogens is 314 g/mol. The Labute approximate surface area is 148 Å². The Morgan fingerprint density at radius 2 is 2.00 bits per heavy atom. The zero-order valence-electron chi connectivity index (χ0n) is 15.2. The van der Waals surface area contributed by atoms with Gasteiger partial charge in [-0.1, -0.05) is 6.07 Å². The third-order valence-corrected chi connectivity index (χ3v) is 4.83. The summed E-state index contributed by atoms with van der Waals surface area (Å²) in [4.78, 5) is 9.50. The molecule has 6 nitrogen and oxygen atoms in total. The van der Waals surface area contributed by atoms with Crippen molar-refractivity contribution in [1.29, 1.82) is 0 Å². The minimum absolute atomic E-state index is 0.756. The molecule has 4 rings (SSSR count). The molecule has 6 heteroatoms. The van der Waals surface area contributed by atoms with Crippen molar-refractivity contribution in [2.75, 3.05) is 31.1 Å². The summed E-state index contributed by atoms with van der Waals surface area (Å²) in [5.41, 5.74) is 5.52. The minimum Gasteiger partial charge on any atom is -0.423 e. The summed E-state index contributed by atoms with van der Waals surface area (Å²) in [7, 11) is 1.96. The van der Waals surface area contributed by atoms with E-state index in [0.29, 0.717) is 0 Å². The fourth-order valence-corrected chi connectivity index (χ4v) is 3.63. The van der Waals surface area contributed by atoms with Crippen molar-refractivity contribution < 1.29 is 4.42 Å². The molecule has 3 heterocycles. The molecule has 0 saturated carbocycles. The van der Waals surface area contributed by atoms with E-state index in [9.17, 15) is 0 Å². The van der Waals surface area contributed by atoms with Gasteiger partial charge in [-0.15, -0.1) is 0 Å². The number of benzene rings is 1. The summed E-state index contributed by atoms with van der Waals surface area (Å²) in [6, 6.07) is 5.00. The van der Waals surface area contributed by atoms with Crippen LogP contribution in [0.4, 0.5) is 6.01 Å². The lowest BCUT2D eigenvalue weighted by atomic mass is 10.1. The van der Waals surface area contributed by atoms with Crippen molar-refractivity contribution in [3.8, 4) is 0 Å². The number of rotatable bonds is 3. The van der Waals surface area contributed by atoms with E-state index in [4.69, 9.17) is 9.40 Å². The molecule has 0 bridgehead atoms. The van der Waals surface area contributed by atoms with Gasteiger partial charge in [0.25, 0.3) is 6.01 Å². The smallest absolute Gasteiger partial charge is 0.298 e. The molecule has 0 radical (unpaired) electrons. The van der Waals surface area contributed by atoms with E-state index in [1.165, 1.54) is 11.1 Å². The van der Waals surface area contributed by atoms with Gasteiger partial charge in [0.05, 0.1) is 6.20 Å². The maximum atomic E-state index is 6.09. The van der Waals surface area contributed by atoms with E-state index in [1.54, 1.807) is 0 Å². The van der Waals surface area contributed by atoms with Crippen LogP contribution >= 0.6 is 0 Å². The van der Waals surface area contributed by atoms with E-state index in [2.05, 4.69) is 47.1 Å². The van der Waals surface area contributed by atoms with Crippen LogP contribution in [0.2, 0.25) is 0 Å². The molecule has 2 aromatic heterocycles. The topological polar surface area (TPSA) is 50.3 Å². The summed E-state index contributed by atoms with van der Waals surface area (Å²) in [5.74, 6) is 0. The highest BCUT2D eigenvalue weighted by Crippen LogP contribution is 2.26. The fraction of sp³-hybridized carbons (Fsp3) is 0.474. The summed E-state index contributed by atoms with van der Waals surface area (Å²) in [6.45, 7) is 9.15. The molecule has 0 N–H and O–H groups in total. The van der Waals surface area contributed by atoms with E-state index in [-0.39, 0.29) is 0 Å². The van der Waals surface area contributed by atoms with Gasteiger partial charge in [-0.2, -0.15) is 10.1 Å². The quantitative estimate of drug-likeness (QED) is 0.734. The van der Waals surface area contributed by atoms with E-state index >= 15 is 0 Å². The maximum absolute atomic E-state index is 6.09. The molecule has 0 spiro atoms. The van der Waals surface area contributed by atoms with Crippen LogP contribution in [0.25, 0.3) is 11.1 Å². The Morgan fingerprint density at radius 3 is 2.80 bits per heavy atom. The first-order chi connectivity index (χ1) is 12.1. The second kappa shape index (κ2) is 6.52. The fourth-order valence-electron chi connectivity index (χ4n) is 3.63. The first kappa shape index (κ1) is 16.1. The Kier molecular flexibility index (Phi) is 4.21. The monoisotopic (exact) mass is 339 g/mol. The Morgan fingerprint density at radius 1 is 1.12 bits per heavy atom. The molecule has 25 heavy (non-hydrogen) atoms. The summed E-state index contributed by atoms with van der Waals surface area (Å²) >= 11 is 0. The van der Waals surface area contributed by atoms with Crippen LogP contribution in [0, 0.1) is 13.8 Å². The lowest BCUT2D eigenvalue weighted by Gasteiger charge is -2.20. The number of anilines is 1. The van der Waals surface area contributed by atoms with Crippen molar-refractivity contribution in [1.82, 2.24) is 19.7 Å². The van der Waals surface area contributed by atoms with Crippen LogP contribution in [0.3, 0.4) is 0 Å². The van der Waals surface area contributed by atoms with Crippen molar-refractivity contribution in [3.63, 3.8) is 0 Å². The van der Waals surface area contributed by atoms with Crippen LogP contribution in [0.5, 0.6) is 0 Å². The molecule has 1 aromatic carbocycles. The van der Waals surface area contributed by atoms with Gasteiger partial charge in [0.15, 0.2) is 5.58 Å². The number of fused-ring (bicyclic) bond motifs is 1. The van der Waals surface area contributed by atoms with Gasteiger partial charge >= 0.3 is 0 Å². The maximum Gasteiger partial charge on any atom is 0.298 e. The Bertz CT molecular complexity index is 881. The number of nitrogens with zero attached hydrogens (tertiary/aromatic N) is 5. The van der Waals surface area contributed by atoms with Crippen LogP contribution < -0.4 is 4.90 Å². The molecule has 1 aliphatic heterocycles. The average Bonchev–Trinajstić information content (AvgIpc) is 3.09. The highest BCUT2D eigenvalue weighted by atomic mass is 16.4. The van der Waals surface area contributed by atoms with Gasteiger partial charge < -0.3 is 9.32 Å². The SMILES string of the molecule is Cc1cc(C)c2oc(N3CCCN(Cc4cnn(C)c4)CC3)nc2c1. The van der Waals surface area contributed by atoms with Crippen LogP contribution in [0.15, 0.2) is 28.9 Å². The van der Waals surface area contributed by atoms with Crippen LogP contribution in [0.1, 0.15) is 23.1 Å². The molecule has 132 valence electrons. The standard InChI is InChI=1S/C19H25N5O/c1-14-9-15(2)18-17(10-14)21-19(25-18)24-6-4-5-23(7-8-24)13-16-11-20-22(3)12-16/h9-12H,4-8,13H2,1-3H3. The summed E-state index contributed by atoms with van der Waals surface area (Å²) < 4.78 is 7.95. The van der Waals surface area contributed by atoms with Crippen molar-refractivity contribution in [3.05, 3.63) is 41.2 Å². The number of aryl methyl sites for hydroxylation is 3. The molecule has 0 unspecified atom stereocenters. The average molecular weight is 339 g/mol. The lowest BCUT2D eigenvalue weighted by molar-refractivity contribution is 0.285. The predicted octanol–water partition coefficient (Wildman–Crippen LogP) is 2.89. The van der Waals surface area contributed by atoms with Gasteiger partial charge in [-0.3, -0.25) is 9.58 Å². The van der Waals surface area contributed by atoms with E-state index in [1.807, 2.05) is 17.9 Å². The molecule has 1 aliphatic rings.